The zero-order valence-corrected chi connectivity index (χ0v) is 21.7. The minimum Gasteiger partial charge on any atom is -0.474 e. The van der Waals surface area contributed by atoms with Gasteiger partial charge in [-0.05, 0) is 36.4 Å². The van der Waals surface area contributed by atoms with Crippen molar-refractivity contribution in [1.29, 1.82) is 0 Å². The van der Waals surface area contributed by atoms with Gasteiger partial charge in [-0.25, -0.2) is 18.6 Å². The molecule has 43 heavy (non-hydrogen) atoms. The lowest BCUT2D eigenvalue weighted by Crippen LogP contribution is -2.22. The SMILES string of the molecule is Bc1oc(C(COC(=O)Oc2ccc([N+](=O)[O-])cc2)Oc2ccc(F)c(C(N)=O)c2F)nc1-c1ccc(C(F)(F)F)cc1. The molecule has 11 nitrogen and oxygen atoms in total. The summed E-state index contributed by atoms with van der Waals surface area (Å²) in [6.45, 7) is -0.777. The maximum atomic E-state index is 14.9. The molecule has 1 heterocycles. The van der Waals surface area contributed by atoms with Crippen molar-refractivity contribution in [2.75, 3.05) is 6.61 Å². The lowest BCUT2D eigenvalue weighted by atomic mass is 9.98. The Hall–Kier alpha value is -5.48. The van der Waals surface area contributed by atoms with Crippen LogP contribution in [-0.4, -0.2) is 36.4 Å². The van der Waals surface area contributed by atoms with Crippen LogP contribution in [0.15, 0.2) is 65.1 Å². The number of hydrogen-bond acceptors (Lipinski definition) is 9. The van der Waals surface area contributed by atoms with Crippen molar-refractivity contribution in [2.24, 2.45) is 5.73 Å². The number of primary amides is 1. The minimum atomic E-state index is -4.58. The summed E-state index contributed by atoms with van der Waals surface area (Å²) in [7, 11) is 1.42. The third-order valence-electron chi connectivity index (χ3n) is 5.75. The summed E-state index contributed by atoms with van der Waals surface area (Å²) in [5.74, 6) is -5.36. The molecule has 0 aliphatic rings. The van der Waals surface area contributed by atoms with E-state index in [1.165, 1.54) is 7.85 Å². The van der Waals surface area contributed by atoms with Crippen LogP contribution in [0.25, 0.3) is 11.3 Å². The number of nitrogens with two attached hydrogens (primary N) is 1. The van der Waals surface area contributed by atoms with E-state index in [1.54, 1.807) is 0 Å². The monoisotopic (exact) mass is 605 g/mol. The van der Waals surface area contributed by atoms with Crippen LogP contribution in [0.3, 0.4) is 0 Å². The first kappa shape index (κ1) is 30.5. The topological polar surface area (TPSA) is 157 Å². The number of oxazole rings is 1. The van der Waals surface area contributed by atoms with Crippen LogP contribution in [0.1, 0.15) is 27.9 Å². The zero-order valence-electron chi connectivity index (χ0n) is 21.7. The van der Waals surface area contributed by atoms with Gasteiger partial charge in [0.15, 0.2) is 19.4 Å². The second kappa shape index (κ2) is 12.2. The number of carbonyl (C=O) groups excluding carboxylic acids is 2. The van der Waals surface area contributed by atoms with E-state index in [9.17, 15) is 41.7 Å². The fraction of sp³-hybridized carbons (Fsp3) is 0.115. The predicted molar refractivity (Wildman–Crippen MR) is 138 cm³/mol. The number of nitro groups is 1. The molecule has 0 aliphatic carbocycles. The zero-order chi connectivity index (χ0) is 31.5. The quantitative estimate of drug-likeness (QED) is 0.0736. The summed E-state index contributed by atoms with van der Waals surface area (Å²) in [5.41, 5.74) is 3.14. The van der Waals surface area contributed by atoms with Gasteiger partial charge >= 0.3 is 12.3 Å². The Morgan fingerprint density at radius 2 is 1.70 bits per heavy atom. The number of aromatic nitrogens is 1. The highest BCUT2D eigenvalue weighted by Crippen LogP contribution is 2.32. The Morgan fingerprint density at radius 3 is 2.28 bits per heavy atom. The van der Waals surface area contributed by atoms with Gasteiger partial charge in [-0.1, -0.05) is 12.1 Å². The molecule has 0 fully saturated rings. The van der Waals surface area contributed by atoms with E-state index >= 15 is 0 Å². The third-order valence-corrected chi connectivity index (χ3v) is 5.75. The van der Waals surface area contributed by atoms with Crippen molar-refractivity contribution in [2.45, 2.75) is 12.3 Å². The lowest BCUT2D eigenvalue weighted by molar-refractivity contribution is -0.384. The van der Waals surface area contributed by atoms with Crippen molar-refractivity contribution >= 4 is 31.3 Å². The van der Waals surface area contributed by atoms with Gasteiger partial charge in [0.25, 0.3) is 11.6 Å². The Labute approximate surface area is 238 Å². The summed E-state index contributed by atoms with van der Waals surface area (Å²) in [5, 5.41) is 10.8. The standard InChI is InChI=1S/C26H17BF5N3O8/c27-22-21(12-1-3-13(4-2-12)26(30,31)32)34-24(43-22)18(42-17-10-9-16(28)19(20(17)29)23(33)36)11-40-25(37)41-15-7-5-14(6-8-15)35(38)39/h1-10,18H,11,27H2,(H2,33,36). The molecule has 0 saturated heterocycles. The van der Waals surface area contributed by atoms with Gasteiger partial charge in [-0.15, -0.1) is 0 Å². The van der Waals surface area contributed by atoms with Gasteiger partial charge in [0.1, 0.15) is 29.4 Å². The van der Waals surface area contributed by atoms with Crippen molar-refractivity contribution in [3.8, 4) is 22.8 Å². The third kappa shape index (κ3) is 7.06. The van der Waals surface area contributed by atoms with Gasteiger partial charge in [-0.2, -0.15) is 13.2 Å². The number of nitro benzene ring substituents is 1. The summed E-state index contributed by atoms with van der Waals surface area (Å²) >= 11 is 0. The highest BCUT2D eigenvalue weighted by atomic mass is 19.4. The Morgan fingerprint density at radius 1 is 1.05 bits per heavy atom. The van der Waals surface area contributed by atoms with E-state index < -0.39 is 64.4 Å². The summed E-state index contributed by atoms with van der Waals surface area (Å²) in [6.07, 6.45) is -7.48. The normalized spacial score (nSPS) is 11.9. The minimum absolute atomic E-state index is 0.0724. The van der Waals surface area contributed by atoms with Gasteiger partial charge in [0, 0.05) is 17.7 Å². The number of halogens is 5. The maximum absolute atomic E-state index is 14.9. The average molecular weight is 605 g/mol. The summed E-state index contributed by atoms with van der Waals surface area (Å²) < 4.78 is 89.0. The van der Waals surface area contributed by atoms with E-state index in [1.807, 2.05) is 0 Å². The van der Waals surface area contributed by atoms with Gasteiger partial charge in [0.2, 0.25) is 12.0 Å². The van der Waals surface area contributed by atoms with E-state index in [-0.39, 0.29) is 34.2 Å². The molecule has 1 unspecified atom stereocenters. The van der Waals surface area contributed by atoms with Crippen LogP contribution in [0.4, 0.5) is 32.4 Å². The maximum Gasteiger partial charge on any atom is 0.513 e. The summed E-state index contributed by atoms with van der Waals surface area (Å²) in [6, 6.07) is 9.86. The Bertz CT molecular complexity index is 1680. The van der Waals surface area contributed by atoms with Crippen molar-refractivity contribution in [1.82, 2.24) is 4.98 Å². The number of rotatable bonds is 9. The first-order chi connectivity index (χ1) is 20.2. The number of hydrogen-bond donors (Lipinski definition) is 1. The van der Waals surface area contributed by atoms with Crippen LogP contribution < -0.4 is 20.9 Å². The number of alkyl halides is 3. The Kier molecular flexibility index (Phi) is 8.63. The second-order valence-corrected chi connectivity index (χ2v) is 8.65. The lowest BCUT2D eigenvalue weighted by Gasteiger charge is -2.17. The molecule has 3 aromatic carbocycles. The number of nitrogens with zero attached hydrogens (tertiary/aromatic N) is 2. The van der Waals surface area contributed by atoms with E-state index in [0.29, 0.717) is 6.07 Å². The van der Waals surface area contributed by atoms with Crippen molar-refractivity contribution in [3.05, 3.63) is 99.4 Å². The molecule has 17 heteroatoms. The van der Waals surface area contributed by atoms with Crippen molar-refractivity contribution < 1.29 is 55.1 Å². The molecule has 0 radical (unpaired) electrons. The molecule has 0 spiro atoms. The fourth-order valence-electron chi connectivity index (χ4n) is 3.70. The molecular formula is C26H17BF5N3O8. The molecule has 1 atom stereocenters. The highest BCUT2D eigenvalue weighted by Gasteiger charge is 2.31. The molecule has 0 aliphatic heterocycles. The second-order valence-electron chi connectivity index (χ2n) is 8.65. The molecule has 222 valence electrons. The van der Waals surface area contributed by atoms with Crippen LogP contribution in [-0.2, 0) is 10.9 Å². The molecule has 0 bridgehead atoms. The predicted octanol–water partition coefficient (Wildman–Crippen LogP) is 4.24. The number of ether oxygens (including phenoxy) is 3. The average Bonchev–Trinajstić information content (AvgIpc) is 3.33. The van der Waals surface area contributed by atoms with E-state index in [2.05, 4.69) is 4.98 Å². The number of amides is 1. The highest BCUT2D eigenvalue weighted by molar-refractivity contribution is 6.33. The van der Waals surface area contributed by atoms with Crippen LogP contribution in [0, 0.1) is 21.7 Å². The molecule has 4 aromatic rings. The largest absolute Gasteiger partial charge is 0.513 e. The van der Waals surface area contributed by atoms with Gasteiger partial charge in [-0.3, -0.25) is 14.9 Å². The van der Waals surface area contributed by atoms with Crippen LogP contribution >= 0.6 is 0 Å². The number of benzene rings is 3. The molecular weight excluding hydrogens is 588 g/mol. The molecule has 4 rings (SSSR count). The first-order valence-corrected chi connectivity index (χ1v) is 11.9. The smallest absolute Gasteiger partial charge is 0.474 e. The Balaban J connectivity index is 1.62. The van der Waals surface area contributed by atoms with E-state index in [4.69, 9.17) is 24.4 Å². The first-order valence-electron chi connectivity index (χ1n) is 11.9. The van der Waals surface area contributed by atoms with E-state index in [0.717, 1.165) is 54.6 Å². The number of carbonyl (C=O) groups is 2. The van der Waals surface area contributed by atoms with Crippen LogP contribution in [0.5, 0.6) is 11.5 Å². The summed E-state index contributed by atoms with van der Waals surface area (Å²) in [4.78, 5) is 38.2. The van der Waals surface area contributed by atoms with Crippen LogP contribution in [0.2, 0.25) is 0 Å². The van der Waals surface area contributed by atoms with Crippen molar-refractivity contribution in [3.63, 3.8) is 0 Å². The number of non-ortho nitro benzene ring substituents is 1. The van der Waals surface area contributed by atoms with Gasteiger partial charge < -0.3 is 24.4 Å². The molecule has 1 amide bonds. The molecule has 2 N–H and O–H groups in total. The molecule has 0 saturated carbocycles. The van der Waals surface area contributed by atoms with Gasteiger partial charge in [0.05, 0.1) is 16.1 Å². The fourth-order valence-corrected chi connectivity index (χ4v) is 3.70. The molecule has 1 aromatic heterocycles.